The van der Waals surface area contributed by atoms with Gasteiger partial charge in [0.2, 0.25) is 9.81 Å². The van der Waals surface area contributed by atoms with Crippen LogP contribution in [-0.2, 0) is 28.8 Å². The first-order valence-electron chi connectivity index (χ1n) is 6.26. The van der Waals surface area contributed by atoms with Gasteiger partial charge >= 0.3 is 20.2 Å². The van der Waals surface area contributed by atoms with Gasteiger partial charge in [0.1, 0.15) is 12.2 Å². The van der Waals surface area contributed by atoms with E-state index in [1.54, 1.807) is 0 Å². The van der Waals surface area contributed by atoms with Gasteiger partial charge in [0.15, 0.2) is 11.1 Å². The summed E-state index contributed by atoms with van der Waals surface area (Å²) >= 11 is 0. The van der Waals surface area contributed by atoms with Crippen LogP contribution in [0.3, 0.4) is 0 Å². The lowest BCUT2D eigenvalue weighted by molar-refractivity contribution is -0.838. The van der Waals surface area contributed by atoms with Crippen LogP contribution < -0.4 is 11.0 Å². The summed E-state index contributed by atoms with van der Waals surface area (Å²) in [5.74, 6) is 0. The molecule has 0 atom stereocenters. The van der Waals surface area contributed by atoms with Crippen LogP contribution in [0.25, 0.3) is 0 Å². The van der Waals surface area contributed by atoms with E-state index in [4.69, 9.17) is 0 Å². The largest absolute Gasteiger partial charge is 0.386 e. The zero-order valence-corrected chi connectivity index (χ0v) is 13.5. The second-order valence-corrected chi connectivity index (χ2v) is 7.39. The Kier molecular flexibility index (Phi) is 4.80. The molecule has 0 spiro atoms. The Hall–Kier alpha value is -1.56. The number of nitrogens with two attached hydrogens (primary N) is 2. The van der Waals surface area contributed by atoms with Gasteiger partial charge in [0.25, 0.3) is 0 Å². The molecule has 0 fully saturated rings. The molecule has 0 heterocycles. The highest BCUT2D eigenvalue weighted by Crippen LogP contribution is 2.33. The second kappa shape index (κ2) is 6.28. The maximum atomic E-state index is 11.8. The van der Waals surface area contributed by atoms with E-state index in [0.29, 0.717) is 11.1 Å². The lowest BCUT2D eigenvalue weighted by atomic mass is 9.92. The molecule has 0 aromatic heterocycles. The maximum absolute atomic E-state index is 11.8. The third kappa shape index (κ3) is 3.43. The lowest BCUT2D eigenvalue weighted by Gasteiger charge is -2.06. The van der Waals surface area contributed by atoms with Crippen molar-refractivity contribution in [2.24, 2.45) is 0 Å². The third-order valence-electron chi connectivity index (χ3n) is 2.81. The number of hydroxylamine groups is 2. The first-order chi connectivity index (χ1) is 10.3. The van der Waals surface area contributed by atoms with Gasteiger partial charge in [0, 0.05) is 0 Å². The number of allylic oxidation sites excluding steroid dienone is 6. The van der Waals surface area contributed by atoms with Crippen LogP contribution in [0.15, 0.2) is 45.3 Å². The van der Waals surface area contributed by atoms with Crippen molar-refractivity contribution in [2.45, 2.75) is 0 Å². The number of hydrogen-bond donors (Lipinski definition) is 2. The Morgan fingerprint density at radius 2 is 1.18 bits per heavy atom. The average molecular weight is 348 g/mol. The van der Waals surface area contributed by atoms with Crippen LogP contribution in [0.4, 0.5) is 0 Å². The highest BCUT2D eigenvalue weighted by Gasteiger charge is 2.39. The summed E-state index contributed by atoms with van der Waals surface area (Å²) in [6.45, 7) is 0. The first kappa shape index (κ1) is 16.8. The molecule has 2 rings (SSSR count). The van der Waals surface area contributed by atoms with E-state index < -0.39 is 20.2 Å². The SMILES string of the molecule is C[NH2+]OS(=O)(=O)C1=C[CH+]C2=CC(S(=O)(=O)O[NH2+]C)=C[CH+]C2=C1. The smallest absolute Gasteiger partial charge is 0.184 e. The number of fused-ring (bicyclic) bond motifs is 1. The number of hydrogen-bond acceptors (Lipinski definition) is 6. The Labute approximate surface area is 129 Å². The van der Waals surface area contributed by atoms with E-state index in [0.717, 1.165) is 11.0 Å². The normalized spacial score (nSPS) is 18.1. The highest BCUT2D eigenvalue weighted by molar-refractivity contribution is 7.91. The predicted octanol–water partition coefficient (Wildman–Crippen LogP) is -2.05. The van der Waals surface area contributed by atoms with Gasteiger partial charge in [-0.05, 0) is 0 Å². The molecule has 0 saturated carbocycles. The van der Waals surface area contributed by atoms with Crippen molar-refractivity contribution >= 4 is 20.2 Å². The van der Waals surface area contributed by atoms with Crippen molar-refractivity contribution in [1.82, 2.24) is 0 Å². The van der Waals surface area contributed by atoms with Crippen molar-refractivity contribution < 1.29 is 36.4 Å². The monoisotopic (exact) mass is 348 g/mol. The molecule has 4 N–H and O–H groups in total. The van der Waals surface area contributed by atoms with Crippen molar-refractivity contribution in [3.05, 3.63) is 58.1 Å². The molecule has 0 aliphatic heterocycles. The molecular formula is C12H16N2O6S2+4. The fourth-order valence-corrected chi connectivity index (χ4v) is 3.62. The Morgan fingerprint density at radius 1 is 0.818 bits per heavy atom. The lowest BCUT2D eigenvalue weighted by Crippen LogP contribution is -2.79. The fraction of sp³-hybridized carbons (Fsp3) is 0.167. The molecule has 22 heavy (non-hydrogen) atoms. The molecule has 0 aromatic carbocycles. The third-order valence-corrected chi connectivity index (χ3v) is 5.36. The minimum absolute atomic E-state index is 0.00755. The van der Waals surface area contributed by atoms with Crippen LogP contribution in [0.2, 0.25) is 0 Å². The van der Waals surface area contributed by atoms with E-state index in [9.17, 15) is 16.8 Å². The molecule has 2 aliphatic rings. The standard InChI is InChI=1S/C12H14N2O6S2/c1-13-19-21(15,16)11-5-3-10-8-12(6-4-9(10)7-11)22(17,18)20-14-2/h3-8,13-14H,1-2H3/q+2/p+2. The summed E-state index contributed by atoms with van der Waals surface area (Å²) in [5.41, 5.74) is 3.29. The van der Waals surface area contributed by atoms with Crippen molar-refractivity contribution in [3.63, 3.8) is 0 Å². The van der Waals surface area contributed by atoms with Crippen LogP contribution in [0.5, 0.6) is 0 Å². The first-order valence-corrected chi connectivity index (χ1v) is 9.08. The Morgan fingerprint density at radius 3 is 1.50 bits per heavy atom. The van der Waals surface area contributed by atoms with Crippen molar-refractivity contribution in [2.75, 3.05) is 14.1 Å². The summed E-state index contributed by atoms with van der Waals surface area (Å²) in [7, 11) is -4.79. The maximum Gasteiger partial charge on any atom is 0.386 e. The minimum Gasteiger partial charge on any atom is -0.184 e. The van der Waals surface area contributed by atoms with E-state index in [1.165, 1.54) is 51.2 Å². The highest BCUT2D eigenvalue weighted by atomic mass is 32.2. The van der Waals surface area contributed by atoms with Gasteiger partial charge in [0.05, 0.1) is 39.1 Å². The van der Waals surface area contributed by atoms with Crippen LogP contribution in [0, 0.1) is 12.8 Å². The van der Waals surface area contributed by atoms with Crippen LogP contribution >= 0.6 is 0 Å². The number of quaternary nitrogens is 2. The molecule has 118 valence electrons. The molecule has 0 radical (unpaired) electrons. The molecule has 0 saturated heterocycles. The Bertz CT molecular complexity index is 719. The predicted molar refractivity (Wildman–Crippen MR) is 76.6 cm³/mol. The zero-order chi connectivity index (χ0) is 16.4. The van der Waals surface area contributed by atoms with Gasteiger partial charge < -0.3 is 0 Å². The van der Waals surface area contributed by atoms with Gasteiger partial charge in [-0.15, -0.1) is 0 Å². The van der Waals surface area contributed by atoms with Gasteiger partial charge in [-0.2, -0.15) is 27.8 Å². The molecule has 8 nitrogen and oxygen atoms in total. The molecule has 0 amide bonds. The summed E-state index contributed by atoms with van der Waals surface area (Å²) in [4.78, 5) is -0.0151. The molecule has 0 unspecified atom stereocenters. The summed E-state index contributed by atoms with van der Waals surface area (Å²) in [6.07, 6.45) is 8.55. The van der Waals surface area contributed by atoms with Gasteiger partial charge in [-0.25, -0.2) is 0 Å². The fourth-order valence-electron chi connectivity index (χ4n) is 1.88. The molecule has 10 heteroatoms. The van der Waals surface area contributed by atoms with Crippen LogP contribution in [0.1, 0.15) is 0 Å². The molecular weight excluding hydrogens is 332 g/mol. The summed E-state index contributed by atoms with van der Waals surface area (Å²) in [6, 6.07) is 0. The van der Waals surface area contributed by atoms with E-state index in [-0.39, 0.29) is 9.81 Å². The van der Waals surface area contributed by atoms with Gasteiger partial charge in [-0.1, -0.05) is 8.57 Å². The van der Waals surface area contributed by atoms with Crippen molar-refractivity contribution in [1.29, 1.82) is 0 Å². The summed E-state index contributed by atoms with van der Waals surface area (Å²) < 4.78 is 56.5. The zero-order valence-electron chi connectivity index (χ0n) is 11.9. The van der Waals surface area contributed by atoms with Gasteiger partial charge in [-0.3, -0.25) is 0 Å². The van der Waals surface area contributed by atoms with Crippen molar-refractivity contribution in [3.8, 4) is 0 Å². The quantitative estimate of drug-likeness (QED) is 0.421. The Balaban J connectivity index is 2.27. The van der Waals surface area contributed by atoms with Crippen LogP contribution in [-0.4, -0.2) is 30.9 Å². The second-order valence-electron chi connectivity index (χ2n) is 4.24. The molecule has 0 aromatic rings. The van der Waals surface area contributed by atoms with E-state index in [1.807, 2.05) is 0 Å². The number of rotatable bonds is 6. The molecule has 0 bridgehead atoms. The minimum atomic E-state index is -3.85. The average Bonchev–Trinajstić information content (AvgIpc) is 2.46. The van der Waals surface area contributed by atoms with E-state index >= 15 is 0 Å². The summed E-state index contributed by atoms with van der Waals surface area (Å²) in [5, 5.41) is 0. The van der Waals surface area contributed by atoms with E-state index in [2.05, 4.69) is 8.57 Å². The topological polar surface area (TPSA) is 120 Å². The molecule has 2 aliphatic carbocycles.